The summed E-state index contributed by atoms with van der Waals surface area (Å²) in [5.74, 6) is 1.71. The minimum absolute atomic E-state index is 0. The summed E-state index contributed by atoms with van der Waals surface area (Å²) in [4.78, 5) is 4.44. The Kier molecular flexibility index (Phi) is 6.34. The highest BCUT2D eigenvalue weighted by Gasteiger charge is 2.16. The largest absolute Gasteiger partial charge is 0.339 e. The summed E-state index contributed by atoms with van der Waals surface area (Å²) in [6.07, 6.45) is 4.91. The molecule has 1 unspecified atom stereocenters. The van der Waals surface area contributed by atoms with Gasteiger partial charge in [0, 0.05) is 12.8 Å². The molecule has 2 aromatic rings. The Morgan fingerprint density at radius 2 is 2.18 bits per heavy atom. The zero-order chi connectivity index (χ0) is 14.5. The van der Waals surface area contributed by atoms with Crippen LogP contribution in [0.4, 0.5) is 4.39 Å². The van der Waals surface area contributed by atoms with Crippen LogP contribution in [-0.4, -0.2) is 23.2 Å². The third-order valence-electron chi connectivity index (χ3n) is 3.92. The van der Waals surface area contributed by atoms with E-state index in [1.165, 1.54) is 25.0 Å². The first kappa shape index (κ1) is 16.9. The second kappa shape index (κ2) is 8.25. The van der Waals surface area contributed by atoms with Crippen LogP contribution in [0.3, 0.4) is 0 Å². The molecule has 2 heterocycles. The molecule has 22 heavy (non-hydrogen) atoms. The van der Waals surface area contributed by atoms with Crippen LogP contribution in [0.2, 0.25) is 0 Å². The Morgan fingerprint density at radius 1 is 1.27 bits per heavy atom. The molecule has 1 fully saturated rings. The van der Waals surface area contributed by atoms with Gasteiger partial charge in [0.2, 0.25) is 5.89 Å². The van der Waals surface area contributed by atoms with Gasteiger partial charge in [-0.3, -0.25) is 0 Å². The maximum absolute atomic E-state index is 13.2. The summed E-state index contributed by atoms with van der Waals surface area (Å²) in [5.41, 5.74) is 0.862. The lowest BCUT2D eigenvalue weighted by atomic mass is 9.97. The van der Waals surface area contributed by atoms with E-state index in [2.05, 4.69) is 15.5 Å². The fourth-order valence-electron chi connectivity index (χ4n) is 2.82. The van der Waals surface area contributed by atoms with E-state index >= 15 is 0 Å². The van der Waals surface area contributed by atoms with Gasteiger partial charge in [-0.1, -0.05) is 17.3 Å². The molecular weight excluding hydrogens is 305 g/mol. The molecule has 4 nitrogen and oxygen atoms in total. The zero-order valence-corrected chi connectivity index (χ0v) is 13.2. The monoisotopic (exact) mass is 325 g/mol. The van der Waals surface area contributed by atoms with E-state index in [0.29, 0.717) is 24.1 Å². The number of benzene rings is 1. The van der Waals surface area contributed by atoms with Crippen molar-refractivity contribution < 1.29 is 8.91 Å². The van der Waals surface area contributed by atoms with Crippen LogP contribution >= 0.6 is 12.4 Å². The van der Waals surface area contributed by atoms with Gasteiger partial charge in [-0.05, 0) is 56.0 Å². The van der Waals surface area contributed by atoms with Gasteiger partial charge >= 0.3 is 0 Å². The van der Waals surface area contributed by atoms with Crippen molar-refractivity contribution in [2.24, 2.45) is 5.92 Å². The number of hydrogen-bond donors (Lipinski definition) is 1. The van der Waals surface area contributed by atoms with Gasteiger partial charge in [0.1, 0.15) is 5.82 Å². The lowest BCUT2D eigenvalue weighted by molar-refractivity contribution is 0.339. The zero-order valence-electron chi connectivity index (χ0n) is 12.4. The van der Waals surface area contributed by atoms with Crippen molar-refractivity contribution in [3.8, 4) is 0 Å². The van der Waals surface area contributed by atoms with Crippen LogP contribution in [0.15, 0.2) is 28.8 Å². The molecule has 6 heteroatoms. The highest BCUT2D eigenvalue weighted by atomic mass is 35.5. The van der Waals surface area contributed by atoms with Crippen LogP contribution in [0, 0.1) is 11.7 Å². The Balaban J connectivity index is 0.00000176. The molecule has 1 saturated heterocycles. The van der Waals surface area contributed by atoms with Gasteiger partial charge in [0.15, 0.2) is 5.82 Å². The number of hydrogen-bond acceptors (Lipinski definition) is 4. The average Bonchev–Trinajstić information content (AvgIpc) is 2.73. The summed E-state index contributed by atoms with van der Waals surface area (Å²) in [6.45, 7) is 2.17. The van der Waals surface area contributed by atoms with E-state index in [4.69, 9.17) is 4.52 Å². The van der Waals surface area contributed by atoms with Gasteiger partial charge < -0.3 is 9.84 Å². The Bertz CT molecular complexity index is 582. The molecule has 0 spiro atoms. The van der Waals surface area contributed by atoms with Crippen LogP contribution in [0.5, 0.6) is 0 Å². The summed E-state index contributed by atoms with van der Waals surface area (Å²) < 4.78 is 18.5. The third kappa shape index (κ3) is 4.78. The first-order valence-corrected chi connectivity index (χ1v) is 7.56. The molecule has 0 aliphatic carbocycles. The summed E-state index contributed by atoms with van der Waals surface area (Å²) in [6, 6.07) is 6.51. The van der Waals surface area contributed by atoms with E-state index < -0.39 is 0 Å². The number of aromatic nitrogens is 2. The van der Waals surface area contributed by atoms with Crippen molar-refractivity contribution in [2.75, 3.05) is 13.1 Å². The first-order chi connectivity index (χ1) is 10.3. The lowest BCUT2D eigenvalue weighted by Gasteiger charge is -2.09. The molecule has 0 saturated carbocycles. The van der Waals surface area contributed by atoms with Gasteiger partial charge in [0.05, 0.1) is 0 Å². The predicted molar refractivity (Wildman–Crippen MR) is 84.7 cm³/mol. The smallest absolute Gasteiger partial charge is 0.226 e. The number of nitrogens with one attached hydrogen (secondary N) is 1. The topological polar surface area (TPSA) is 51.0 Å². The van der Waals surface area contributed by atoms with Crippen molar-refractivity contribution in [1.82, 2.24) is 15.5 Å². The number of halogens is 2. The van der Waals surface area contributed by atoms with Crippen molar-refractivity contribution in [3.63, 3.8) is 0 Å². The van der Waals surface area contributed by atoms with Gasteiger partial charge in [-0.2, -0.15) is 4.98 Å². The minimum atomic E-state index is -0.234. The summed E-state index contributed by atoms with van der Waals surface area (Å²) in [7, 11) is 0. The van der Waals surface area contributed by atoms with Crippen molar-refractivity contribution in [3.05, 3.63) is 47.4 Å². The van der Waals surface area contributed by atoms with E-state index in [1.54, 1.807) is 6.07 Å². The number of rotatable bonds is 4. The molecule has 1 N–H and O–H groups in total. The molecular formula is C16H21ClFN3O. The predicted octanol–water partition coefficient (Wildman–Crippen LogP) is 3.15. The molecule has 120 valence electrons. The minimum Gasteiger partial charge on any atom is -0.339 e. The maximum atomic E-state index is 13.2. The molecule has 0 bridgehead atoms. The summed E-state index contributed by atoms with van der Waals surface area (Å²) in [5, 5.41) is 7.41. The van der Waals surface area contributed by atoms with Crippen molar-refractivity contribution in [2.45, 2.75) is 32.1 Å². The fourth-order valence-corrected chi connectivity index (χ4v) is 2.82. The average molecular weight is 326 g/mol. The normalized spacial score (nSPS) is 18.5. The van der Waals surface area contributed by atoms with E-state index in [1.807, 2.05) is 6.07 Å². The fraction of sp³-hybridized carbons (Fsp3) is 0.500. The molecule has 1 aliphatic rings. The van der Waals surface area contributed by atoms with Crippen LogP contribution < -0.4 is 5.32 Å². The summed E-state index contributed by atoms with van der Waals surface area (Å²) >= 11 is 0. The third-order valence-corrected chi connectivity index (χ3v) is 3.92. The highest BCUT2D eigenvalue weighted by Crippen LogP contribution is 2.19. The molecule has 3 rings (SSSR count). The van der Waals surface area contributed by atoms with E-state index in [-0.39, 0.29) is 18.2 Å². The molecule has 0 amide bonds. The Morgan fingerprint density at radius 3 is 3.05 bits per heavy atom. The second-order valence-electron chi connectivity index (χ2n) is 5.66. The van der Waals surface area contributed by atoms with Gasteiger partial charge in [-0.15, -0.1) is 12.4 Å². The van der Waals surface area contributed by atoms with E-state index in [0.717, 1.165) is 31.5 Å². The van der Waals surface area contributed by atoms with Crippen LogP contribution in [0.25, 0.3) is 0 Å². The maximum Gasteiger partial charge on any atom is 0.226 e. The SMILES string of the molecule is Cl.Fc1cccc(Cc2noc(CC3CCCNCC3)n2)c1. The van der Waals surface area contributed by atoms with E-state index in [9.17, 15) is 4.39 Å². The highest BCUT2D eigenvalue weighted by molar-refractivity contribution is 5.85. The Labute approximate surface area is 135 Å². The molecule has 1 atom stereocenters. The molecule has 1 aromatic heterocycles. The first-order valence-electron chi connectivity index (χ1n) is 7.56. The lowest BCUT2D eigenvalue weighted by Crippen LogP contribution is -2.14. The quantitative estimate of drug-likeness (QED) is 0.938. The van der Waals surface area contributed by atoms with Crippen LogP contribution in [0.1, 0.15) is 36.5 Å². The standard InChI is InChI=1S/C16H20FN3O.ClH/c17-14-5-1-3-13(9-14)10-15-19-16(21-20-15)11-12-4-2-7-18-8-6-12;/h1,3,5,9,12,18H,2,4,6-8,10-11H2;1H. The molecule has 1 aromatic carbocycles. The van der Waals surface area contributed by atoms with Gasteiger partial charge in [-0.25, -0.2) is 4.39 Å². The Hall–Kier alpha value is -1.46. The van der Waals surface area contributed by atoms with Crippen molar-refractivity contribution in [1.29, 1.82) is 0 Å². The molecule has 1 aliphatic heterocycles. The molecule has 0 radical (unpaired) electrons. The second-order valence-corrected chi connectivity index (χ2v) is 5.66. The van der Waals surface area contributed by atoms with Gasteiger partial charge in [0.25, 0.3) is 0 Å². The van der Waals surface area contributed by atoms with Crippen LogP contribution in [-0.2, 0) is 12.8 Å². The number of nitrogens with zero attached hydrogens (tertiary/aromatic N) is 2. The van der Waals surface area contributed by atoms with Crippen molar-refractivity contribution >= 4 is 12.4 Å².